The molecule has 9 heavy (non-hydrogen) atoms. The smallest absolute Gasteiger partial charge is 0.316 e. The number of rotatable bonds is 5. The molecule has 0 aliphatic carbocycles. The highest BCUT2D eigenvalue weighted by atomic mass is 31.1. The van der Waals surface area contributed by atoms with E-state index in [9.17, 15) is 4.57 Å². The first kappa shape index (κ1) is 8.98. The molecule has 0 spiro atoms. The Morgan fingerprint density at radius 2 is 2.22 bits per heavy atom. The van der Waals surface area contributed by atoms with Gasteiger partial charge in [-0.3, -0.25) is 0 Å². The maximum absolute atomic E-state index is 9.97. The Labute approximate surface area is 55.6 Å². The molecule has 0 heterocycles. The van der Waals surface area contributed by atoms with E-state index in [4.69, 9.17) is 4.89 Å². The van der Waals surface area contributed by atoms with Gasteiger partial charge in [0, 0.05) is 6.54 Å². The second-order valence-electron chi connectivity index (χ2n) is 1.53. The first-order valence-electron chi connectivity index (χ1n) is 2.87. The molecule has 0 fully saturated rings. The zero-order valence-corrected chi connectivity index (χ0v) is 6.32. The lowest BCUT2D eigenvalue weighted by Crippen LogP contribution is -2.23. The summed E-state index contributed by atoms with van der Waals surface area (Å²) in [5.74, 6) is 0. The van der Waals surface area contributed by atoms with Crippen LogP contribution in [0, 0.1) is 0 Å². The Morgan fingerprint density at radius 3 is 2.67 bits per heavy atom. The van der Waals surface area contributed by atoms with Gasteiger partial charge in [0.1, 0.15) is 0 Å². The lowest BCUT2D eigenvalue weighted by atomic mass is 10.6. The molecule has 0 aromatic carbocycles. The molecular formula is C4H12N2O2P+. The Bertz CT molecular complexity index is 88.6. The summed E-state index contributed by atoms with van der Waals surface area (Å²) in [6, 6.07) is 0. The van der Waals surface area contributed by atoms with Crippen molar-refractivity contribution in [3.63, 3.8) is 0 Å². The van der Waals surface area contributed by atoms with Gasteiger partial charge < -0.3 is 5.32 Å². The van der Waals surface area contributed by atoms with Crippen molar-refractivity contribution in [3.05, 3.63) is 0 Å². The van der Waals surface area contributed by atoms with Crippen molar-refractivity contribution in [2.75, 3.05) is 19.6 Å². The van der Waals surface area contributed by atoms with E-state index in [1.54, 1.807) is 0 Å². The monoisotopic (exact) mass is 151 g/mol. The number of hydrogen-bond acceptors (Lipinski definition) is 2. The highest BCUT2D eigenvalue weighted by Gasteiger charge is 2.05. The molecule has 0 aromatic heterocycles. The van der Waals surface area contributed by atoms with Gasteiger partial charge in [0.05, 0.1) is 6.54 Å². The van der Waals surface area contributed by atoms with Crippen LogP contribution in [0.4, 0.5) is 0 Å². The summed E-state index contributed by atoms with van der Waals surface area (Å²) in [5, 5.41) is 5.38. The molecule has 0 aliphatic heterocycles. The predicted octanol–water partition coefficient (Wildman–Crippen LogP) is -0.165. The molecule has 0 rings (SSSR count). The van der Waals surface area contributed by atoms with E-state index >= 15 is 0 Å². The summed E-state index contributed by atoms with van der Waals surface area (Å²) in [5.41, 5.74) is 0. The summed E-state index contributed by atoms with van der Waals surface area (Å²) >= 11 is 0. The van der Waals surface area contributed by atoms with E-state index in [1.165, 1.54) is 0 Å². The maximum Gasteiger partial charge on any atom is 0.610 e. The molecule has 0 aromatic rings. The molecule has 5 heteroatoms. The minimum absolute atomic E-state index is 0.541. The van der Waals surface area contributed by atoms with Crippen LogP contribution in [-0.4, -0.2) is 24.5 Å². The van der Waals surface area contributed by atoms with Crippen molar-refractivity contribution in [1.82, 2.24) is 10.4 Å². The van der Waals surface area contributed by atoms with Crippen LogP contribution in [0.3, 0.4) is 0 Å². The van der Waals surface area contributed by atoms with Crippen LogP contribution in [0.5, 0.6) is 0 Å². The average molecular weight is 151 g/mol. The number of nitrogens with one attached hydrogen (secondary N) is 2. The third kappa shape index (κ3) is 7.98. The molecular weight excluding hydrogens is 139 g/mol. The maximum atomic E-state index is 9.97. The Balaban J connectivity index is 2.83. The first-order chi connectivity index (χ1) is 4.27. The van der Waals surface area contributed by atoms with Crippen molar-refractivity contribution in [1.29, 1.82) is 0 Å². The van der Waals surface area contributed by atoms with Gasteiger partial charge >= 0.3 is 8.18 Å². The third-order valence-corrected chi connectivity index (χ3v) is 1.29. The van der Waals surface area contributed by atoms with Crippen LogP contribution in [0.25, 0.3) is 0 Å². The van der Waals surface area contributed by atoms with E-state index in [2.05, 4.69) is 10.4 Å². The Morgan fingerprint density at radius 1 is 1.56 bits per heavy atom. The standard InChI is InChI=1S/C4H11N2O2P/c1-2-5-3-4-6-9(7)8/h5H,2-4H2,1H3,(H-,6,7,8)/p+1. The summed E-state index contributed by atoms with van der Waals surface area (Å²) in [6.07, 6.45) is 0. The summed E-state index contributed by atoms with van der Waals surface area (Å²) < 4.78 is 9.97. The molecule has 4 nitrogen and oxygen atoms in total. The van der Waals surface area contributed by atoms with Crippen LogP contribution in [0.2, 0.25) is 0 Å². The fraction of sp³-hybridized carbons (Fsp3) is 1.00. The quantitative estimate of drug-likeness (QED) is 0.377. The Kier molecular flexibility index (Phi) is 6.09. The molecule has 1 unspecified atom stereocenters. The van der Waals surface area contributed by atoms with Crippen LogP contribution < -0.4 is 10.4 Å². The largest absolute Gasteiger partial charge is 0.610 e. The summed E-state index contributed by atoms with van der Waals surface area (Å²) in [4.78, 5) is 8.22. The molecule has 3 N–H and O–H groups in total. The van der Waals surface area contributed by atoms with Crippen molar-refractivity contribution in [2.45, 2.75) is 6.92 Å². The number of hydrogen-bond donors (Lipinski definition) is 3. The van der Waals surface area contributed by atoms with Gasteiger partial charge in [-0.2, -0.15) is 0 Å². The second kappa shape index (κ2) is 6.11. The van der Waals surface area contributed by atoms with Gasteiger partial charge in [0.15, 0.2) is 0 Å². The van der Waals surface area contributed by atoms with Crippen LogP contribution >= 0.6 is 8.18 Å². The number of likely N-dealkylation sites (N-methyl/N-ethyl adjacent to an activating group) is 1. The van der Waals surface area contributed by atoms with Gasteiger partial charge in [-0.1, -0.05) is 12.0 Å². The first-order valence-corrected chi connectivity index (χ1v) is 4.09. The zero-order chi connectivity index (χ0) is 7.11. The molecule has 0 saturated carbocycles. The zero-order valence-electron chi connectivity index (χ0n) is 5.42. The molecule has 0 radical (unpaired) electrons. The highest BCUT2D eigenvalue weighted by molar-refractivity contribution is 7.35. The summed E-state index contributed by atoms with van der Waals surface area (Å²) in [7, 11) is -2.16. The van der Waals surface area contributed by atoms with Gasteiger partial charge in [-0.25, -0.2) is 0 Å². The minimum atomic E-state index is -2.16. The topological polar surface area (TPSA) is 61.4 Å². The molecule has 54 valence electrons. The predicted molar refractivity (Wildman–Crippen MR) is 36.4 cm³/mol. The van der Waals surface area contributed by atoms with Crippen LogP contribution in [0.1, 0.15) is 6.92 Å². The SMILES string of the molecule is CCNCCN[P+](=O)O. The molecule has 0 amide bonds. The van der Waals surface area contributed by atoms with Gasteiger partial charge in [-0.15, -0.1) is 4.89 Å². The van der Waals surface area contributed by atoms with Crippen LogP contribution in [-0.2, 0) is 4.57 Å². The fourth-order valence-corrected chi connectivity index (χ4v) is 0.720. The van der Waals surface area contributed by atoms with Crippen molar-refractivity contribution in [3.8, 4) is 0 Å². The van der Waals surface area contributed by atoms with Crippen molar-refractivity contribution >= 4 is 8.18 Å². The third-order valence-electron chi connectivity index (χ3n) is 0.799. The fourth-order valence-electron chi connectivity index (χ4n) is 0.417. The molecule has 0 aliphatic rings. The molecule has 0 saturated heterocycles. The van der Waals surface area contributed by atoms with E-state index in [-0.39, 0.29) is 0 Å². The Hall–Kier alpha value is -0.0200. The van der Waals surface area contributed by atoms with Crippen molar-refractivity contribution < 1.29 is 9.46 Å². The van der Waals surface area contributed by atoms with Gasteiger partial charge in [0.2, 0.25) is 0 Å². The molecule has 1 atom stereocenters. The lowest BCUT2D eigenvalue weighted by Gasteiger charge is -1.93. The van der Waals surface area contributed by atoms with E-state index in [0.29, 0.717) is 6.54 Å². The second-order valence-corrected chi connectivity index (χ2v) is 2.40. The van der Waals surface area contributed by atoms with Gasteiger partial charge in [0.25, 0.3) is 0 Å². The summed E-state index contributed by atoms with van der Waals surface area (Å²) in [6.45, 7) is 4.15. The van der Waals surface area contributed by atoms with E-state index in [1.807, 2.05) is 6.92 Å². The minimum Gasteiger partial charge on any atom is -0.316 e. The van der Waals surface area contributed by atoms with Gasteiger partial charge in [-0.05, 0) is 11.1 Å². The average Bonchev–Trinajstić information content (AvgIpc) is 1.80. The van der Waals surface area contributed by atoms with Crippen molar-refractivity contribution in [2.24, 2.45) is 0 Å². The van der Waals surface area contributed by atoms with Crippen LogP contribution in [0.15, 0.2) is 0 Å². The van der Waals surface area contributed by atoms with E-state index in [0.717, 1.165) is 13.1 Å². The normalized spacial score (nSPS) is 11.6. The highest BCUT2D eigenvalue weighted by Crippen LogP contribution is 2.01. The molecule has 0 bridgehead atoms. The lowest BCUT2D eigenvalue weighted by molar-refractivity contribution is 0.488. The van der Waals surface area contributed by atoms with E-state index < -0.39 is 8.18 Å².